The molecule has 2 unspecified atom stereocenters. The van der Waals surface area contributed by atoms with Crippen LogP contribution in [-0.4, -0.2) is 31.4 Å². The average molecular weight is 380 g/mol. The first-order chi connectivity index (χ1) is 13.6. The summed E-state index contributed by atoms with van der Waals surface area (Å²) < 4.78 is 0. The molecule has 2 atom stereocenters. The summed E-state index contributed by atoms with van der Waals surface area (Å²) in [6, 6.07) is 16.7. The Bertz CT molecular complexity index is 768. The summed E-state index contributed by atoms with van der Waals surface area (Å²) in [6.45, 7) is 4.68. The Morgan fingerprint density at radius 2 is 1.86 bits per heavy atom. The second kappa shape index (κ2) is 10.0. The molecule has 1 saturated heterocycles. The zero-order chi connectivity index (χ0) is 19.8. The van der Waals surface area contributed by atoms with Gasteiger partial charge in [-0.05, 0) is 56.5 Å². The maximum atomic E-state index is 12.7. The van der Waals surface area contributed by atoms with E-state index in [0.717, 1.165) is 37.1 Å². The Morgan fingerprint density at radius 3 is 2.54 bits per heavy atom. The fourth-order valence-corrected chi connectivity index (χ4v) is 3.50. The number of hydrogen-bond donors (Lipinski definition) is 3. The summed E-state index contributed by atoms with van der Waals surface area (Å²) in [6.07, 6.45) is 2.51. The van der Waals surface area contributed by atoms with Crippen molar-refractivity contribution in [2.24, 2.45) is 5.92 Å². The summed E-state index contributed by atoms with van der Waals surface area (Å²) in [5.74, 6) is 0.275. The van der Waals surface area contributed by atoms with Crippen molar-refractivity contribution in [2.75, 3.05) is 19.6 Å². The molecule has 0 spiro atoms. The predicted molar refractivity (Wildman–Crippen MR) is 111 cm³/mol. The highest BCUT2D eigenvalue weighted by molar-refractivity contribution is 5.94. The Hall–Kier alpha value is -2.66. The van der Waals surface area contributed by atoms with Crippen molar-refractivity contribution < 1.29 is 9.59 Å². The van der Waals surface area contributed by atoms with Crippen molar-refractivity contribution in [3.8, 4) is 0 Å². The van der Waals surface area contributed by atoms with Crippen LogP contribution in [0, 0.1) is 12.8 Å². The number of nitrogens with one attached hydrogen (secondary N) is 3. The molecule has 1 heterocycles. The Kier molecular flexibility index (Phi) is 7.20. The topological polar surface area (TPSA) is 70.2 Å². The molecular weight excluding hydrogens is 350 g/mol. The lowest BCUT2D eigenvalue weighted by molar-refractivity contribution is -0.121. The zero-order valence-electron chi connectivity index (χ0n) is 16.4. The summed E-state index contributed by atoms with van der Waals surface area (Å²) >= 11 is 0. The fraction of sp³-hybridized carbons (Fsp3) is 0.391. The molecule has 0 aliphatic carbocycles. The van der Waals surface area contributed by atoms with Crippen LogP contribution in [0.1, 0.15) is 46.8 Å². The molecular formula is C23H29N3O2. The SMILES string of the molecule is Cc1ccc(C(=O)NC(CC(=O)NCC2CCCNC2)c2ccccc2)cc1. The summed E-state index contributed by atoms with van der Waals surface area (Å²) in [7, 11) is 0. The quantitative estimate of drug-likeness (QED) is 0.693. The van der Waals surface area contributed by atoms with Crippen LogP contribution in [0.4, 0.5) is 0 Å². The van der Waals surface area contributed by atoms with Crippen molar-refractivity contribution >= 4 is 11.8 Å². The standard InChI is InChI=1S/C23H29N3O2/c1-17-9-11-20(12-10-17)23(28)26-21(19-7-3-2-4-8-19)14-22(27)25-16-18-6-5-13-24-15-18/h2-4,7-12,18,21,24H,5-6,13-16H2,1H3,(H,25,27)(H,26,28). The van der Waals surface area contributed by atoms with Crippen LogP contribution in [0.15, 0.2) is 54.6 Å². The van der Waals surface area contributed by atoms with Gasteiger partial charge in [0, 0.05) is 12.1 Å². The van der Waals surface area contributed by atoms with E-state index in [1.165, 1.54) is 0 Å². The zero-order valence-corrected chi connectivity index (χ0v) is 16.4. The first-order valence-corrected chi connectivity index (χ1v) is 10.0. The molecule has 0 aromatic heterocycles. The van der Waals surface area contributed by atoms with Crippen molar-refractivity contribution in [1.82, 2.24) is 16.0 Å². The van der Waals surface area contributed by atoms with Crippen molar-refractivity contribution in [3.63, 3.8) is 0 Å². The third-order valence-electron chi connectivity index (χ3n) is 5.20. The van der Waals surface area contributed by atoms with Crippen molar-refractivity contribution in [2.45, 2.75) is 32.2 Å². The largest absolute Gasteiger partial charge is 0.356 e. The van der Waals surface area contributed by atoms with Crippen molar-refractivity contribution in [1.29, 1.82) is 0 Å². The monoisotopic (exact) mass is 379 g/mol. The van der Waals surface area contributed by atoms with E-state index in [9.17, 15) is 9.59 Å². The van der Waals surface area contributed by atoms with Gasteiger partial charge in [-0.25, -0.2) is 0 Å². The first-order valence-electron chi connectivity index (χ1n) is 10.0. The van der Waals surface area contributed by atoms with Crippen LogP contribution in [0.2, 0.25) is 0 Å². The smallest absolute Gasteiger partial charge is 0.251 e. The summed E-state index contributed by atoms with van der Waals surface area (Å²) in [5, 5.41) is 9.43. The maximum absolute atomic E-state index is 12.7. The molecule has 0 radical (unpaired) electrons. The lowest BCUT2D eigenvalue weighted by Crippen LogP contribution is -2.39. The highest BCUT2D eigenvalue weighted by Gasteiger charge is 2.20. The van der Waals surface area contributed by atoms with Gasteiger partial charge in [0.2, 0.25) is 5.91 Å². The van der Waals surface area contributed by atoms with E-state index in [1.807, 2.05) is 61.5 Å². The highest BCUT2D eigenvalue weighted by Crippen LogP contribution is 2.18. The van der Waals surface area contributed by atoms with E-state index in [0.29, 0.717) is 18.0 Å². The Labute approximate surface area is 166 Å². The molecule has 2 amide bonds. The van der Waals surface area contributed by atoms with Gasteiger partial charge in [0.05, 0.1) is 12.5 Å². The van der Waals surface area contributed by atoms with Gasteiger partial charge >= 0.3 is 0 Å². The van der Waals surface area contributed by atoms with Crippen LogP contribution < -0.4 is 16.0 Å². The van der Waals surface area contributed by atoms with Gasteiger partial charge in [0.1, 0.15) is 0 Å². The van der Waals surface area contributed by atoms with E-state index in [2.05, 4.69) is 16.0 Å². The average Bonchev–Trinajstić information content (AvgIpc) is 2.73. The van der Waals surface area contributed by atoms with Gasteiger partial charge in [-0.1, -0.05) is 48.0 Å². The lowest BCUT2D eigenvalue weighted by atomic mass is 9.99. The molecule has 28 heavy (non-hydrogen) atoms. The molecule has 148 valence electrons. The van der Waals surface area contributed by atoms with E-state index in [4.69, 9.17) is 0 Å². The molecule has 1 aliphatic heterocycles. The summed E-state index contributed by atoms with van der Waals surface area (Å²) in [4.78, 5) is 25.2. The van der Waals surface area contributed by atoms with Gasteiger partial charge in [0.25, 0.3) is 5.91 Å². The molecule has 1 aliphatic rings. The lowest BCUT2D eigenvalue weighted by Gasteiger charge is -2.24. The van der Waals surface area contributed by atoms with Crippen LogP contribution >= 0.6 is 0 Å². The number of hydrogen-bond acceptors (Lipinski definition) is 3. The minimum atomic E-state index is -0.362. The minimum absolute atomic E-state index is 0.0383. The molecule has 1 fully saturated rings. The number of benzene rings is 2. The second-order valence-electron chi connectivity index (χ2n) is 7.52. The Balaban J connectivity index is 1.62. The molecule has 3 rings (SSSR count). The molecule has 3 N–H and O–H groups in total. The highest BCUT2D eigenvalue weighted by atomic mass is 16.2. The van der Waals surface area contributed by atoms with Gasteiger partial charge in [-0.2, -0.15) is 0 Å². The number of carbonyl (C=O) groups excluding carboxylic acids is 2. The number of amides is 2. The number of rotatable bonds is 7. The Morgan fingerprint density at radius 1 is 1.11 bits per heavy atom. The van der Waals surface area contributed by atoms with Crippen LogP contribution in [0.25, 0.3) is 0 Å². The summed E-state index contributed by atoms with van der Waals surface area (Å²) in [5.41, 5.74) is 2.63. The maximum Gasteiger partial charge on any atom is 0.251 e. The first kappa shape index (κ1) is 20.1. The van der Waals surface area contributed by atoms with Crippen LogP contribution in [0.3, 0.4) is 0 Å². The van der Waals surface area contributed by atoms with E-state index in [1.54, 1.807) is 0 Å². The second-order valence-corrected chi connectivity index (χ2v) is 7.52. The predicted octanol–water partition coefficient (Wildman–Crippen LogP) is 2.97. The molecule has 2 aromatic rings. The third kappa shape index (κ3) is 5.92. The van der Waals surface area contributed by atoms with E-state index >= 15 is 0 Å². The van der Waals surface area contributed by atoms with Crippen LogP contribution in [0.5, 0.6) is 0 Å². The molecule has 5 heteroatoms. The fourth-order valence-electron chi connectivity index (χ4n) is 3.50. The van der Waals surface area contributed by atoms with E-state index in [-0.39, 0.29) is 24.3 Å². The molecule has 0 saturated carbocycles. The van der Waals surface area contributed by atoms with E-state index < -0.39 is 0 Å². The minimum Gasteiger partial charge on any atom is -0.356 e. The molecule has 2 aromatic carbocycles. The van der Waals surface area contributed by atoms with Gasteiger partial charge in [-0.15, -0.1) is 0 Å². The molecule has 0 bridgehead atoms. The number of carbonyl (C=O) groups is 2. The van der Waals surface area contributed by atoms with Crippen molar-refractivity contribution in [3.05, 3.63) is 71.3 Å². The third-order valence-corrected chi connectivity index (χ3v) is 5.20. The van der Waals surface area contributed by atoms with Gasteiger partial charge in [-0.3, -0.25) is 9.59 Å². The number of piperidine rings is 1. The van der Waals surface area contributed by atoms with Gasteiger partial charge < -0.3 is 16.0 Å². The molecule has 5 nitrogen and oxygen atoms in total. The van der Waals surface area contributed by atoms with Crippen LogP contribution in [-0.2, 0) is 4.79 Å². The number of aryl methyl sites for hydroxylation is 1. The van der Waals surface area contributed by atoms with Gasteiger partial charge in [0.15, 0.2) is 0 Å². The normalized spacial score (nSPS) is 17.5.